The van der Waals surface area contributed by atoms with Gasteiger partial charge in [0.1, 0.15) is 10.7 Å². The van der Waals surface area contributed by atoms with Crippen LogP contribution in [0.25, 0.3) is 0 Å². The lowest BCUT2D eigenvalue weighted by Gasteiger charge is -2.05. The van der Waals surface area contributed by atoms with E-state index in [0.717, 1.165) is 6.07 Å². The van der Waals surface area contributed by atoms with Gasteiger partial charge >= 0.3 is 0 Å². The van der Waals surface area contributed by atoms with E-state index in [9.17, 15) is 12.8 Å². The number of rotatable bonds is 3. The summed E-state index contributed by atoms with van der Waals surface area (Å²) in [6.45, 7) is 1.73. The Labute approximate surface area is 97.7 Å². The SMILES string of the molecule is Cc1cc(NS(=O)(=O)c2ccccc2F)n[nH]1. The first-order valence-electron chi connectivity index (χ1n) is 4.78. The highest BCUT2D eigenvalue weighted by molar-refractivity contribution is 7.92. The van der Waals surface area contributed by atoms with Crippen LogP contribution in [0.1, 0.15) is 5.69 Å². The summed E-state index contributed by atoms with van der Waals surface area (Å²) in [7, 11) is -3.94. The van der Waals surface area contributed by atoms with Crippen LogP contribution in [0.2, 0.25) is 0 Å². The van der Waals surface area contributed by atoms with E-state index in [4.69, 9.17) is 0 Å². The molecule has 0 atom stereocenters. The Hall–Kier alpha value is -1.89. The van der Waals surface area contributed by atoms with Crippen molar-refractivity contribution in [3.63, 3.8) is 0 Å². The Bertz CT molecular complexity index is 637. The molecule has 7 heteroatoms. The van der Waals surface area contributed by atoms with E-state index in [0.29, 0.717) is 5.69 Å². The number of benzene rings is 1. The molecule has 5 nitrogen and oxygen atoms in total. The van der Waals surface area contributed by atoms with Gasteiger partial charge in [-0.05, 0) is 19.1 Å². The average Bonchev–Trinajstić information content (AvgIpc) is 2.63. The maximum absolute atomic E-state index is 13.3. The number of halogens is 1. The zero-order chi connectivity index (χ0) is 12.5. The highest BCUT2D eigenvalue weighted by Gasteiger charge is 2.19. The lowest BCUT2D eigenvalue weighted by Crippen LogP contribution is -2.14. The number of H-pyrrole nitrogens is 1. The first kappa shape index (κ1) is 11.6. The molecule has 2 rings (SSSR count). The highest BCUT2D eigenvalue weighted by Crippen LogP contribution is 2.17. The molecule has 0 unspecified atom stereocenters. The number of anilines is 1. The molecule has 17 heavy (non-hydrogen) atoms. The Morgan fingerprint density at radius 3 is 2.65 bits per heavy atom. The largest absolute Gasteiger partial charge is 0.281 e. The monoisotopic (exact) mass is 255 g/mol. The van der Waals surface area contributed by atoms with Gasteiger partial charge in [0.05, 0.1) is 0 Å². The fourth-order valence-electron chi connectivity index (χ4n) is 1.33. The van der Waals surface area contributed by atoms with Gasteiger partial charge in [-0.25, -0.2) is 12.8 Å². The zero-order valence-electron chi connectivity index (χ0n) is 8.94. The maximum atomic E-state index is 13.3. The van der Waals surface area contributed by atoms with Crippen LogP contribution >= 0.6 is 0 Å². The summed E-state index contributed by atoms with van der Waals surface area (Å²) in [6, 6.07) is 6.67. The van der Waals surface area contributed by atoms with Crippen LogP contribution in [0, 0.1) is 12.7 Å². The van der Waals surface area contributed by atoms with Gasteiger partial charge in [-0.15, -0.1) is 0 Å². The summed E-state index contributed by atoms with van der Waals surface area (Å²) < 4.78 is 39.2. The normalized spacial score (nSPS) is 11.4. The van der Waals surface area contributed by atoms with Crippen LogP contribution in [0.5, 0.6) is 0 Å². The second-order valence-electron chi connectivity index (χ2n) is 3.47. The summed E-state index contributed by atoms with van der Waals surface area (Å²) >= 11 is 0. The second-order valence-corrected chi connectivity index (χ2v) is 5.12. The second kappa shape index (κ2) is 4.17. The molecule has 2 N–H and O–H groups in total. The van der Waals surface area contributed by atoms with Crippen molar-refractivity contribution in [1.82, 2.24) is 10.2 Å². The highest BCUT2D eigenvalue weighted by atomic mass is 32.2. The molecule has 1 aromatic heterocycles. The van der Waals surface area contributed by atoms with Gasteiger partial charge in [0.25, 0.3) is 10.0 Å². The first-order valence-corrected chi connectivity index (χ1v) is 6.27. The van der Waals surface area contributed by atoms with Gasteiger partial charge in [-0.2, -0.15) is 5.10 Å². The molecule has 0 radical (unpaired) electrons. The molecule has 0 amide bonds. The summed E-state index contributed by atoms with van der Waals surface area (Å²) in [5, 5.41) is 6.30. The maximum Gasteiger partial charge on any atom is 0.266 e. The Kier molecular flexibility index (Phi) is 2.84. The van der Waals surface area contributed by atoms with Crippen molar-refractivity contribution in [2.45, 2.75) is 11.8 Å². The number of nitrogens with zero attached hydrogens (tertiary/aromatic N) is 1. The van der Waals surface area contributed by atoms with E-state index < -0.39 is 20.7 Å². The Balaban J connectivity index is 2.35. The van der Waals surface area contributed by atoms with Crippen LogP contribution < -0.4 is 4.72 Å². The van der Waals surface area contributed by atoms with Gasteiger partial charge in [0.15, 0.2) is 5.82 Å². The Morgan fingerprint density at radius 2 is 2.06 bits per heavy atom. The number of aromatic nitrogens is 2. The van der Waals surface area contributed by atoms with Gasteiger partial charge in [-0.1, -0.05) is 12.1 Å². The van der Waals surface area contributed by atoms with E-state index in [1.165, 1.54) is 24.3 Å². The molecule has 0 spiro atoms. The van der Waals surface area contributed by atoms with Gasteiger partial charge < -0.3 is 0 Å². The quantitative estimate of drug-likeness (QED) is 0.875. The number of aromatic amines is 1. The molecule has 2 aromatic rings. The lowest BCUT2D eigenvalue weighted by atomic mass is 10.4. The summed E-state index contributed by atoms with van der Waals surface area (Å²) in [5.41, 5.74) is 0.705. The number of aryl methyl sites for hydroxylation is 1. The molecule has 0 fully saturated rings. The van der Waals surface area contributed by atoms with Crippen LogP contribution in [0.15, 0.2) is 35.2 Å². The fraction of sp³-hybridized carbons (Fsp3) is 0.100. The van der Waals surface area contributed by atoms with Crippen molar-refractivity contribution < 1.29 is 12.8 Å². The third kappa shape index (κ3) is 2.44. The zero-order valence-corrected chi connectivity index (χ0v) is 9.75. The molecular weight excluding hydrogens is 245 g/mol. The number of sulfonamides is 1. The molecule has 0 saturated heterocycles. The van der Waals surface area contributed by atoms with E-state index in [2.05, 4.69) is 14.9 Å². The minimum absolute atomic E-state index is 0.130. The predicted octanol–water partition coefficient (Wildman–Crippen LogP) is 1.66. The van der Waals surface area contributed by atoms with Gasteiger partial charge in [0.2, 0.25) is 0 Å². The van der Waals surface area contributed by atoms with Crippen molar-refractivity contribution in [3.8, 4) is 0 Å². The van der Waals surface area contributed by atoms with E-state index in [1.807, 2.05) is 0 Å². The first-order chi connectivity index (χ1) is 7.99. The third-order valence-corrected chi connectivity index (χ3v) is 3.46. The molecule has 0 bridgehead atoms. The molecule has 1 aromatic carbocycles. The van der Waals surface area contributed by atoms with Gasteiger partial charge in [0, 0.05) is 11.8 Å². The van der Waals surface area contributed by atoms with E-state index in [1.54, 1.807) is 6.92 Å². The van der Waals surface area contributed by atoms with Crippen LogP contribution in [0.4, 0.5) is 10.2 Å². The lowest BCUT2D eigenvalue weighted by molar-refractivity contribution is 0.570. The summed E-state index contributed by atoms with van der Waals surface area (Å²) in [6.07, 6.45) is 0. The van der Waals surface area contributed by atoms with Gasteiger partial charge in [-0.3, -0.25) is 9.82 Å². The fourth-order valence-corrected chi connectivity index (χ4v) is 2.40. The van der Waals surface area contributed by atoms with E-state index >= 15 is 0 Å². The molecule has 0 aliphatic heterocycles. The van der Waals surface area contributed by atoms with Crippen molar-refractivity contribution in [3.05, 3.63) is 41.8 Å². The smallest absolute Gasteiger partial charge is 0.266 e. The van der Waals surface area contributed by atoms with Crippen LogP contribution in [-0.2, 0) is 10.0 Å². The number of hydrogen-bond donors (Lipinski definition) is 2. The average molecular weight is 255 g/mol. The Morgan fingerprint density at radius 1 is 1.35 bits per heavy atom. The predicted molar refractivity (Wildman–Crippen MR) is 60.5 cm³/mol. The standard InChI is InChI=1S/C10H10FN3O2S/c1-7-6-10(13-12-7)14-17(15,16)9-5-3-2-4-8(9)11/h2-6H,1H3,(H2,12,13,14). The minimum Gasteiger partial charge on any atom is -0.281 e. The van der Waals surface area contributed by atoms with Crippen molar-refractivity contribution >= 4 is 15.8 Å². The molecule has 90 valence electrons. The summed E-state index contributed by atoms with van der Waals surface area (Å²) in [5.74, 6) is -0.669. The van der Waals surface area contributed by atoms with Crippen molar-refractivity contribution in [1.29, 1.82) is 0 Å². The van der Waals surface area contributed by atoms with Crippen LogP contribution in [-0.4, -0.2) is 18.6 Å². The molecule has 1 heterocycles. The minimum atomic E-state index is -3.94. The van der Waals surface area contributed by atoms with Crippen molar-refractivity contribution in [2.75, 3.05) is 4.72 Å². The molecule has 0 aliphatic carbocycles. The summed E-state index contributed by atoms with van der Waals surface area (Å²) in [4.78, 5) is -0.402. The molecular formula is C10H10FN3O2S. The number of hydrogen-bond acceptors (Lipinski definition) is 3. The topological polar surface area (TPSA) is 74.8 Å². The third-order valence-electron chi connectivity index (χ3n) is 2.07. The molecule has 0 saturated carbocycles. The van der Waals surface area contributed by atoms with Crippen molar-refractivity contribution in [2.24, 2.45) is 0 Å². The number of nitrogens with one attached hydrogen (secondary N) is 2. The van der Waals surface area contributed by atoms with Crippen LogP contribution in [0.3, 0.4) is 0 Å². The van der Waals surface area contributed by atoms with E-state index in [-0.39, 0.29) is 5.82 Å². The molecule has 0 aliphatic rings.